The SMILES string of the molecule is CC(C)(C)c1ncccc1C(=O)CCl. The van der Waals surface area contributed by atoms with Crippen LogP contribution in [-0.2, 0) is 5.41 Å². The number of pyridine rings is 1. The van der Waals surface area contributed by atoms with Crippen LogP contribution < -0.4 is 0 Å². The van der Waals surface area contributed by atoms with Crippen molar-refractivity contribution in [2.75, 3.05) is 5.88 Å². The number of hydrogen-bond donors (Lipinski definition) is 0. The van der Waals surface area contributed by atoms with Crippen molar-refractivity contribution in [1.29, 1.82) is 0 Å². The molecule has 76 valence electrons. The Morgan fingerprint density at radius 2 is 2.14 bits per heavy atom. The Morgan fingerprint density at radius 1 is 1.50 bits per heavy atom. The van der Waals surface area contributed by atoms with Crippen LogP contribution in [0.25, 0.3) is 0 Å². The lowest BCUT2D eigenvalue weighted by atomic mass is 9.87. The fourth-order valence-electron chi connectivity index (χ4n) is 1.30. The molecule has 0 bridgehead atoms. The first kappa shape index (κ1) is 11.2. The molecule has 0 atom stereocenters. The maximum absolute atomic E-state index is 11.5. The van der Waals surface area contributed by atoms with E-state index in [2.05, 4.69) is 4.98 Å². The second kappa shape index (κ2) is 4.09. The number of ketones is 1. The third-order valence-electron chi connectivity index (χ3n) is 1.94. The summed E-state index contributed by atoms with van der Waals surface area (Å²) < 4.78 is 0. The third kappa shape index (κ3) is 2.32. The molecule has 1 heterocycles. The second-order valence-electron chi connectivity index (χ2n) is 4.21. The topological polar surface area (TPSA) is 30.0 Å². The first-order chi connectivity index (χ1) is 6.46. The summed E-state index contributed by atoms with van der Waals surface area (Å²) in [6, 6.07) is 3.54. The zero-order valence-corrected chi connectivity index (χ0v) is 9.43. The van der Waals surface area contributed by atoms with E-state index in [1.807, 2.05) is 20.8 Å². The van der Waals surface area contributed by atoms with Gasteiger partial charge in [0.2, 0.25) is 0 Å². The molecule has 1 aromatic rings. The molecule has 0 fully saturated rings. The quantitative estimate of drug-likeness (QED) is 0.556. The van der Waals surface area contributed by atoms with Crippen molar-refractivity contribution in [3.63, 3.8) is 0 Å². The van der Waals surface area contributed by atoms with E-state index in [4.69, 9.17) is 11.6 Å². The lowest BCUT2D eigenvalue weighted by molar-refractivity contribution is 0.101. The van der Waals surface area contributed by atoms with Gasteiger partial charge in [-0.3, -0.25) is 9.78 Å². The van der Waals surface area contributed by atoms with E-state index in [0.29, 0.717) is 5.56 Å². The van der Waals surface area contributed by atoms with Gasteiger partial charge in [0.25, 0.3) is 0 Å². The largest absolute Gasteiger partial charge is 0.293 e. The van der Waals surface area contributed by atoms with Gasteiger partial charge in [0.15, 0.2) is 5.78 Å². The van der Waals surface area contributed by atoms with E-state index in [0.717, 1.165) is 5.69 Å². The zero-order chi connectivity index (χ0) is 10.8. The van der Waals surface area contributed by atoms with Crippen molar-refractivity contribution in [2.24, 2.45) is 0 Å². The van der Waals surface area contributed by atoms with Crippen LogP contribution in [0.15, 0.2) is 18.3 Å². The Kier molecular flexibility index (Phi) is 3.27. The summed E-state index contributed by atoms with van der Waals surface area (Å²) in [5.41, 5.74) is 1.32. The predicted molar refractivity (Wildman–Crippen MR) is 58.0 cm³/mol. The number of carbonyl (C=O) groups is 1. The van der Waals surface area contributed by atoms with Gasteiger partial charge in [-0.05, 0) is 12.1 Å². The molecular formula is C11H14ClNO. The summed E-state index contributed by atoms with van der Waals surface area (Å²) in [4.78, 5) is 15.7. The van der Waals surface area contributed by atoms with Crippen LogP contribution in [0.3, 0.4) is 0 Å². The van der Waals surface area contributed by atoms with Crippen LogP contribution in [-0.4, -0.2) is 16.6 Å². The van der Waals surface area contributed by atoms with Gasteiger partial charge >= 0.3 is 0 Å². The van der Waals surface area contributed by atoms with E-state index < -0.39 is 0 Å². The van der Waals surface area contributed by atoms with Crippen molar-refractivity contribution < 1.29 is 4.79 Å². The highest BCUT2D eigenvalue weighted by Crippen LogP contribution is 2.23. The number of carbonyl (C=O) groups excluding carboxylic acids is 1. The molecule has 0 saturated heterocycles. The fourth-order valence-corrected chi connectivity index (χ4v) is 1.44. The Labute approximate surface area is 89.3 Å². The molecule has 0 unspecified atom stereocenters. The monoisotopic (exact) mass is 211 g/mol. The first-order valence-corrected chi connectivity index (χ1v) is 5.05. The van der Waals surface area contributed by atoms with E-state index in [-0.39, 0.29) is 17.1 Å². The summed E-state index contributed by atoms with van der Waals surface area (Å²) >= 11 is 5.53. The average Bonchev–Trinajstić information content (AvgIpc) is 2.15. The molecule has 0 saturated carbocycles. The molecule has 0 aromatic carbocycles. The normalized spacial score (nSPS) is 11.4. The molecule has 0 amide bonds. The minimum atomic E-state index is -0.127. The van der Waals surface area contributed by atoms with Gasteiger partial charge in [0.1, 0.15) is 0 Å². The highest BCUT2D eigenvalue weighted by molar-refractivity contribution is 6.30. The number of aromatic nitrogens is 1. The van der Waals surface area contributed by atoms with Gasteiger partial charge in [-0.25, -0.2) is 0 Å². The molecule has 0 radical (unpaired) electrons. The number of rotatable bonds is 2. The molecule has 14 heavy (non-hydrogen) atoms. The average molecular weight is 212 g/mol. The highest BCUT2D eigenvalue weighted by Gasteiger charge is 2.22. The van der Waals surface area contributed by atoms with Crippen LogP contribution in [0.4, 0.5) is 0 Å². The molecule has 0 N–H and O–H groups in total. The third-order valence-corrected chi connectivity index (χ3v) is 2.18. The van der Waals surface area contributed by atoms with Gasteiger partial charge in [0, 0.05) is 17.2 Å². The van der Waals surface area contributed by atoms with Crippen molar-refractivity contribution in [1.82, 2.24) is 4.98 Å². The molecule has 1 aromatic heterocycles. The first-order valence-electron chi connectivity index (χ1n) is 4.51. The molecule has 0 aliphatic carbocycles. The molecule has 3 heteroatoms. The second-order valence-corrected chi connectivity index (χ2v) is 4.47. The minimum absolute atomic E-state index is 0.00870. The van der Waals surface area contributed by atoms with E-state index >= 15 is 0 Å². The minimum Gasteiger partial charge on any atom is -0.293 e. The van der Waals surface area contributed by atoms with Gasteiger partial charge in [-0.2, -0.15) is 0 Å². The number of halogens is 1. The summed E-state index contributed by atoms with van der Waals surface area (Å²) in [7, 11) is 0. The van der Waals surface area contributed by atoms with E-state index in [9.17, 15) is 4.79 Å². The van der Waals surface area contributed by atoms with Crippen molar-refractivity contribution in [3.8, 4) is 0 Å². The van der Waals surface area contributed by atoms with Gasteiger partial charge in [0.05, 0.1) is 11.6 Å². The Hall–Kier alpha value is -0.890. The molecule has 0 aliphatic heterocycles. The van der Waals surface area contributed by atoms with Crippen molar-refractivity contribution >= 4 is 17.4 Å². The molecule has 1 rings (SSSR count). The lowest BCUT2D eigenvalue weighted by Crippen LogP contribution is -2.19. The molecule has 0 aliphatic rings. The van der Waals surface area contributed by atoms with E-state index in [1.54, 1.807) is 18.3 Å². The number of nitrogens with zero attached hydrogens (tertiary/aromatic N) is 1. The van der Waals surface area contributed by atoms with Gasteiger partial charge in [-0.15, -0.1) is 11.6 Å². The summed E-state index contributed by atoms with van der Waals surface area (Å²) in [5.74, 6) is -0.0564. The Morgan fingerprint density at radius 3 is 2.64 bits per heavy atom. The van der Waals surface area contributed by atoms with Gasteiger partial charge in [-0.1, -0.05) is 20.8 Å². The van der Waals surface area contributed by atoms with Crippen LogP contribution in [0.5, 0.6) is 0 Å². The maximum Gasteiger partial charge on any atom is 0.179 e. The standard InChI is InChI=1S/C11H14ClNO/c1-11(2,3)10-8(9(14)7-12)5-4-6-13-10/h4-6H,7H2,1-3H3. The summed E-state index contributed by atoms with van der Waals surface area (Å²) in [5, 5.41) is 0. The Balaban J connectivity index is 3.23. The van der Waals surface area contributed by atoms with E-state index in [1.165, 1.54) is 0 Å². The molecular weight excluding hydrogens is 198 g/mol. The Bertz CT molecular complexity index is 341. The smallest absolute Gasteiger partial charge is 0.179 e. The summed E-state index contributed by atoms with van der Waals surface area (Å²) in [6.07, 6.45) is 1.70. The number of alkyl halides is 1. The van der Waals surface area contributed by atoms with Gasteiger partial charge < -0.3 is 0 Å². The predicted octanol–water partition coefficient (Wildman–Crippen LogP) is 2.80. The summed E-state index contributed by atoms with van der Waals surface area (Å²) in [6.45, 7) is 6.08. The fraction of sp³-hybridized carbons (Fsp3) is 0.455. The van der Waals surface area contributed by atoms with Crippen molar-refractivity contribution in [2.45, 2.75) is 26.2 Å². The van der Waals surface area contributed by atoms with Crippen molar-refractivity contribution in [3.05, 3.63) is 29.6 Å². The molecule has 2 nitrogen and oxygen atoms in total. The highest BCUT2D eigenvalue weighted by atomic mass is 35.5. The number of Topliss-reactive ketones (excluding diaryl/α,β-unsaturated/α-hetero) is 1. The van der Waals surface area contributed by atoms with Crippen LogP contribution in [0, 0.1) is 0 Å². The van der Waals surface area contributed by atoms with Crippen LogP contribution in [0.1, 0.15) is 36.8 Å². The van der Waals surface area contributed by atoms with Crippen LogP contribution in [0.2, 0.25) is 0 Å². The maximum atomic E-state index is 11.5. The lowest BCUT2D eigenvalue weighted by Gasteiger charge is -2.20. The number of hydrogen-bond acceptors (Lipinski definition) is 2. The zero-order valence-electron chi connectivity index (χ0n) is 8.67. The molecule has 0 spiro atoms. The van der Waals surface area contributed by atoms with Crippen LogP contribution >= 0.6 is 11.6 Å².